The van der Waals surface area contributed by atoms with Crippen LogP contribution in [0.2, 0.25) is 0 Å². The molecule has 1 unspecified atom stereocenters. The smallest absolute Gasteiger partial charge is 0.410 e. The molecule has 0 saturated carbocycles. The highest BCUT2D eigenvalue weighted by Crippen LogP contribution is 2.44. The highest BCUT2D eigenvalue weighted by Gasteiger charge is 2.50. The Morgan fingerprint density at radius 3 is 2.06 bits per heavy atom. The van der Waals surface area contributed by atoms with E-state index < -0.39 is 93.8 Å². The Labute approximate surface area is 576 Å². The molecule has 5 aliphatic heterocycles. The zero-order valence-electron chi connectivity index (χ0n) is 58.4. The highest BCUT2D eigenvalue weighted by molar-refractivity contribution is 6.09. The first-order chi connectivity index (χ1) is 46.8. The summed E-state index contributed by atoms with van der Waals surface area (Å²) in [5.41, 5.74) is 0.727. The van der Waals surface area contributed by atoms with Crippen molar-refractivity contribution in [2.45, 2.75) is 148 Å². The van der Waals surface area contributed by atoms with Crippen LogP contribution < -0.4 is 25.8 Å². The van der Waals surface area contributed by atoms with Gasteiger partial charge in [-0.15, -0.1) is 0 Å². The second kappa shape index (κ2) is 29.9. The Morgan fingerprint density at radius 2 is 1.40 bits per heavy atom. The highest BCUT2D eigenvalue weighted by atomic mass is 19.1. The maximum Gasteiger partial charge on any atom is 0.410 e. The van der Waals surface area contributed by atoms with Crippen molar-refractivity contribution in [3.05, 3.63) is 154 Å². The van der Waals surface area contributed by atoms with Gasteiger partial charge in [-0.25, -0.2) is 22.8 Å². The summed E-state index contributed by atoms with van der Waals surface area (Å²) in [6.45, 7) is 21.2. The minimum absolute atomic E-state index is 0.0137. The monoisotopic (exact) mass is 1370 g/mol. The lowest BCUT2D eigenvalue weighted by atomic mass is 9.82. The fourth-order valence-corrected chi connectivity index (χ4v) is 13.6. The summed E-state index contributed by atoms with van der Waals surface area (Å²) >= 11 is 0. The first-order valence-electron chi connectivity index (χ1n) is 33.7. The lowest BCUT2D eigenvalue weighted by Gasteiger charge is -2.47. The van der Waals surface area contributed by atoms with Crippen molar-refractivity contribution >= 4 is 70.4 Å². The molecule has 5 aromatic rings. The summed E-state index contributed by atoms with van der Waals surface area (Å²) in [4.78, 5) is 127. The molecule has 0 spiro atoms. The SMILES string of the molecule is C[C@@H]1COCCN1C[C@H]1CN(C(=O)OC(C)(C)C)[C@H](C)CN1CC(=O)N1CC(C)(C(=O)N(C)c2ccc(C(=O)Nc3ccc4c(c3)[C@@H](C(=O)Nc3c(F)cccc3F)N(C(=O)[C@@H](NC(=O)[C@H](C)N(C)C(=O)OC(C)(C)C)C3CCOCC3)C4)cc2)c2ccc(Cc3ccc(F)cc3)cc21. The number of fused-ring (bicyclic) bond motifs is 2. The predicted octanol–water partition coefficient (Wildman–Crippen LogP) is 9.43. The molecule has 25 heteroatoms. The van der Waals surface area contributed by atoms with Crippen molar-refractivity contribution in [2.75, 3.05) is 100 Å². The largest absolute Gasteiger partial charge is 0.444 e. The summed E-state index contributed by atoms with van der Waals surface area (Å²) < 4.78 is 67.3. The van der Waals surface area contributed by atoms with Gasteiger partial charge in [-0.3, -0.25) is 43.5 Å². The second-order valence-electron chi connectivity index (χ2n) is 28.9. The van der Waals surface area contributed by atoms with E-state index in [0.717, 1.165) is 34.2 Å². The molecule has 0 aliphatic carbocycles. The number of amides is 8. The van der Waals surface area contributed by atoms with E-state index in [1.54, 1.807) is 93.1 Å². The number of rotatable bonds is 17. The second-order valence-corrected chi connectivity index (χ2v) is 28.9. The van der Waals surface area contributed by atoms with Crippen LogP contribution in [-0.2, 0) is 61.3 Å². The Balaban J connectivity index is 0.884. The molecule has 3 fully saturated rings. The van der Waals surface area contributed by atoms with Crippen LogP contribution in [0.4, 0.5) is 45.5 Å². The number of para-hydroxylation sites is 1. The van der Waals surface area contributed by atoms with Crippen LogP contribution in [0.15, 0.2) is 103 Å². The van der Waals surface area contributed by atoms with Gasteiger partial charge >= 0.3 is 12.2 Å². The van der Waals surface area contributed by atoms with Crippen LogP contribution in [0.3, 0.4) is 0 Å². The van der Waals surface area contributed by atoms with Crippen molar-refractivity contribution in [1.29, 1.82) is 0 Å². The summed E-state index contributed by atoms with van der Waals surface area (Å²) in [6.07, 6.45) is -0.0723. The van der Waals surface area contributed by atoms with E-state index in [0.29, 0.717) is 81.2 Å². The standard InChI is InChI=1S/C74H91F3N10O12/c1-44-37-84(55(39-83-30-33-97-42-45(83)2)40-85(44)71(95)99-73(7,8)9)41-61(88)87-43-74(10,57-27-18-48(35-60(57)87)34-47-16-22-52(75)23-17-47)69(93)82(12)54-25-20-50(21-26-54)66(90)78-53-24-19-51-38-86(64(56(51)36-53)67(91)80-63-58(76)14-13-15-59(63)77)68(92)62(49-28-31-96-32-29-49)79-65(89)46(3)81(11)70(94)98-72(4,5)6/h13-27,35-36,44-46,49,55,62,64H,28-34,37-43H2,1-12H3,(H,78,90)(H,79,89)(H,80,91)/t44-,45-,46+,55+,62+,64+,74?/m1/s1. The summed E-state index contributed by atoms with van der Waals surface area (Å²) in [5, 5.41) is 8.08. The van der Waals surface area contributed by atoms with E-state index in [9.17, 15) is 28.4 Å². The van der Waals surface area contributed by atoms with Crippen LogP contribution in [0.1, 0.15) is 126 Å². The van der Waals surface area contributed by atoms with Gasteiger partial charge in [0.05, 0.1) is 25.2 Å². The molecule has 8 amide bonds. The molecule has 5 aliphatic rings. The van der Waals surface area contributed by atoms with E-state index in [4.69, 9.17) is 18.9 Å². The number of benzene rings is 5. The zero-order valence-corrected chi connectivity index (χ0v) is 58.4. The summed E-state index contributed by atoms with van der Waals surface area (Å²) in [5.74, 6) is -6.52. The van der Waals surface area contributed by atoms with Crippen molar-refractivity contribution in [2.24, 2.45) is 5.92 Å². The third-order valence-corrected chi connectivity index (χ3v) is 19.2. The fourth-order valence-electron chi connectivity index (χ4n) is 13.6. The Hall–Kier alpha value is -8.91. The minimum atomic E-state index is -1.54. The number of nitrogens with zero attached hydrogens (tertiary/aromatic N) is 7. The molecular formula is C74H91F3N10O12. The average molecular weight is 1370 g/mol. The quantitative estimate of drug-likeness (QED) is 0.0787. The molecule has 0 aromatic heterocycles. The summed E-state index contributed by atoms with van der Waals surface area (Å²) in [6, 6.07) is 21.6. The van der Waals surface area contributed by atoms with Crippen LogP contribution in [0, 0.1) is 23.4 Å². The molecule has 99 heavy (non-hydrogen) atoms. The van der Waals surface area contributed by atoms with Crippen molar-refractivity contribution in [1.82, 2.24) is 29.8 Å². The molecule has 3 N–H and O–H groups in total. The van der Waals surface area contributed by atoms with E-state index in [2.05, 4.69) is 32.7 Å². The van der Waals surface area contributed by atoms with Gasteiger partial charge in [-0.2, -0.15) is 0 Å². The topological polar surface area (TPSA) is 232 Å². The third-order valence-electron chi connectivity index (χ3n) is 19.2. The van der Waals surface area contributed by atoms with Crippen LogP contribution in [0.25, 0.3) is 0 Å². The Bertz CT molecular complexity index is 3840. The molecule has 0 bridgehead atoms. The lowest BCUT2D eigenvalue weighted by Crippen LogP contribution is -2.64. The number of ether oxygens (including phenoxy) is 4. The predicted molar refractivity (Wildman–Crippen MR) is 366 cm³/mol. The number of hydrogen-bond acceptors (Lipinski definition) is 14. The number of piperazine rings is 1. The Morgan fingerprint density at radius 1 is 0.737 bits per heavy atom. The number of hydrogen-bond donors (Lipinski definition) is 3. The molecule has 10 rings (SSSR count). The lowest BCUT2D eigenvalue weighted by molar-refractivity contribution is -0.144. The third kappa shape index (κ3) is 16.7. The molecule has 5 aromatic carbocycles. The molecule has 530 valence electrons. The van der Waals surface area contributed by atoms with E-state index in [1.165, 1.54) is 42.0 Å². The van der Waals surface area contributed by atoms with Gasteiger partial charge in [0.25, 0.3) is 11.8 Å². The van der Waals surface area contributed by atoms with Crippen molar-refractivity contribution in [3.63, 3.8) is 0 Å². The van der Waals surface area contributed by atoms with Crippen molar-refractivity contribution < 1.29 is 70.5 Å². The number of anilines is 4. The maximum absolute atomic E-state index is 15.3. The normalized spacial score (nSPS) is 21.2. The first kappa shape index (κ1) is 72.8. The molecular weight excluding hydrogens is 1280 g/mol. The van der Waals surface area contributed by atoms with Crippen LogP contribution in [-0.4, -0.2) is 193 Å². The van der Waals surface area contributed by atoms with Gasteiger partial charge in [0.2, 0.25) is 23.6 Å². The average Bonchev–Trinajstić information content (AvgIpc) is 1.61. The molecule has 5 heterocycles. The molecule has 22 nitrogen and oxygen atoms in total. The number of nitrogens with one attached hydrogen (secondary N) is 3. The van der Waals surface area contributed by atoms with E-state index in [-0.39, 0.29) is 85.4 Å². The molecule has 7 atom stereocenters. The van der Waals surface area contributed by atoms with Crippen LogP contribution >= 0.6 is 0 Å². The number of carbonyl (C=O) groups excluding carboxylic acids is 8. The minimum Gasteiger partial charge on any atom is -0.444 e. The van der Waals surface area contributed by atoms with Gasteiger partial charge in [-0.05, 0) is 189 Å². The maximum atomic E-state index is 15.3. The summed E-state index contributed by atoms with van der Waals surface area (Å²) in [7, 11) is 3.02. The number of likely N-dealkylation sites (N-methyl/N-ethyl adjacent to an activating group) is 2. The van der Waals surface area contributed by atoms with Gasteiger partial charge < -0.3 is 54.5 Å². The number of morpholine rings is 1. The van der Waals surface area contributed by atoms with Gasteiger partial charge in [0, 0.05) is 107 Å². The van der Waals surface area contributed by atoms with Crippen LogP contribution in [0.5, 0.6) is 0 Å². The fraction of sp³-hybridized carbons (Fsp3) is 0.486. The Kier molecular flexibility index (Phi) is 22.0. The number of halogens is 3. The van der Waals surface area contributed by atoms with Gasteiger partial charge in [0.1, 0.15) is 52.5 Å². The zero-order chi connectivity index (χ0) is 71.6. The first-order valence-corrected chi connectivity index (χ1v) is 33.7. The van der Waals surface area contributed by atoms with Crippen molar-refractivity contribution in [3.8, 4) is 0 Å². The van der Waals surface area contributed by atoms with E-state index in [1.807, 2.05) is 45.9 Å². The molecule has 3 saturated heterocycles. The van der Waals surface area contributed by atoms with Gasteiger partial charge in [0.15, 0.2) is 0 Å². The van der Waals surface area contributed by atoms with Gasteiger partial charge in [-0.1, -0.05) is 36.4 Å². The molecule has 0 radical (unpaired) electrons. The van der Waals surface area contributed by atoms with E-state index >= 15 is 23.2 Å². The number of carbonyl (C=O) groups is 8.